The number of unbranched alkanes of at least 4 members (excludes halogenated alkanes) is 1. The van der Waals surface area contributed by atoms with Crippen molar-refractivity contribution in [1.82, 2.24) is 15.0 Å². The van der Waals surface area contributed by atoms with E-state index < -0.39 is 0 Å². The summed E-state index contributed by atoms with van der Waals surface area (Å²) < 4.78 is 5.94. The monoisotopic (exact) mass is 377 g/mol. The smallest absolute Gasteiger partial charge is 0.119 e. The zero-order valence-electron chi connectivity index (χ0n) is 16.5. The maximum atomic E-state index is 5.94. The number of hydrogen-bond donors (Lipinski definition) is 0. The number of ether oxygens (including phenoxy) is 1. The Labute approximate surface area is 166 Å². The average molecular weight is 377 g/mol. The molecule has 0 amide bonds. The molecule has 28 heavy (non-hydrogen) atoms. The Morgan fingerprint density at radius 3 is 2.07 bits per heavy atom. The van der Waals surface area contributed by atoms with Crippen molar-refractivity contribution in [3.63, 3.8) is 0 Å². The van der Waals surface area contributed by atoms with E-state index >= 15 is 0 Å². The van der Waals surface area contributed by atoms with Gasteiger partial charge in [0.1, 0.15) is 5.75 Å². The molecule has 0 aliphatic heterocycles. The predicted molar refractivity (Wildman–Crippen MR) is 111 cm³/mol. The predicted octanol–water partition coefficient (Wildman–Crippen LogP) is 6.28. The largest absolute Gasteiger partial charge is 0.493 e. The van der Waals surface area contributed by atoms with Crippen molar-refractivity contribution in [1.29, 1.82) is 0 Å². The van der Waals surface area contributed by atoms with E-state index in [-0.39, 0.29) is 0 Å². The summed E-state index contributed by atoms with van der Waals surface area (Å²) in [5, 5.41) is 16.8. The Bertz CT molecular complexity index is 842. The highest BCUT2D eigenvalue weighted by Crippen LogP contribution is 2.23. The molecule has 1 unspecified atom stereocenters. The van der Waals surface area contributed by atoms with Gasteiger partial charge in [-0.3, -0.25) is 0 Å². The van der Waals surface area contributed by atoms with E-state index in [1.807, 2.05) is 48.5 Å². The lowest BCUT2D eigenvalue weighted by Gasteiger charge is -2.15. The minimum absolute atomic E-state index is 0.624. The molecular weight excluding hydrogens is 350 g/mol. The van der Waals surface area contributed by atoms with Gasteiger partial charge < -0.3 is 4.74 Å². The normalized spacial score (nSPS) is 12.4. The fraction of sp³-hybridized carbons (Fsp3) is 0.364. The molecule has 1 heterocycles. The van der Waals surface area contributed by atoms with Gasteiger partial charge >= 0.3 is 0 Å². The van der Waals surface area contributed by atoms with Crippen LogP contribution in [0, 0.1) is 5.92 Å². The molecule has 1 atom stereocenters. The lowest BCUT2D eigenvalue weighted by atomic mass is 10.0. The van der Waals surface area contributed by atoms with Crippen LogP contribution in [0.15, 0.2) is 71.2 Å². The van der Waals surface area contributed by atoms with Crippen molar-refractivity contribution < 1.29 is 4.74 Å². The van der Waals surface area contributed by atoms with Gasteiger partial charge in [-0.25, -0.2) is 0 Å². The van der Waals surface area contributed by atoms with Gasteiger partial charge in [0.25, 0.3) is 0 Å². The highest BCUT2D eigenvalue weighted by Gasteiger charge is 2.07. The summed E-state index contributed by atoms with van der Waals surface area (Å²) in [6.45, 7) is 5.23. The summed E-state index contributed by atoms with van der Waals surface area (Å²) in [5.74, 6) is 1.50. The Morgan fingerprint density at radius 2 is 1.50 bits per heavy atom. The van der Waals surface area contributed by atoms with Gasteiger partial charge in [-0.1, -0.05) is 33.1 Å². The van der Waals surface area contributed by atoms with Crippen molar-refractivity contribution >= 4 is 11.4 Å². The van der Waals surface area contributed by atoms with E-state index in [1.165, 1.54) is 19.3 Å². The molecule has 6 heteroatoms. The summed E-state index contributed by atoms with van der Waals surface area (Å²) in [6, 6.07) is 15.4. The first-order chi connectivity index (χ1) is 13.8. The van der Waals surface area contributed by atoms with Crippen LogP contribution in [0.25, 0.3) is 5.69 Å². The standard InChI is InChI=1S/C22H27N5O/c1-3-5-6-18(4-2)17-28-22-13-9-20(10-14-22)26-25-19-7-11-21(12-8-19)27-23-15-16-24-27/h7-16,18H,3-6,17H2,1-2H3/b26-25+. The van der Waals surface area contributed by atoms with Crippen LogP contribution in [0.5, 0.6) is 5.75 Å². The minimum Gasteiger partial charge on any atom is -0.493 e. The number of benzene rings is 2. The maximum Gasteiger partial charge on any atom is 0.119 e. The lowest BCUT2D eigenvalue weighted by molar-refractivity contribution is 0.233. The van der Waals surface area contributed by atoms with E-state index in [9.17, 15) is 0 Å². The van der Waals surface area contributed by atoms with E-state index in [0.717, 1.165) is 35.8 Å². The Kier molecular flexibility index (Phi) is 7.29. The minimum atomic E-state index is 0.624. The summed E-state index contributed by atoms with van der Waals surface area (Å²) in [5.41, 5.74) is 2.45. The molecule has 0 radical (unpaired) electrons. The third kappa shape index (κ3) is 5.74. The molecule has 0 fully saturated rings. The zero-order valence-corrected chi connectivity index (χ0v) is 16.5. The Morgan fingerprint density at radius 1 is 0.893 bits per heavy atom. The van der Waals surface area contributed by atoms with E-state index in [4.69, 9.17) is 4.74 Å². The van der Waals surface area contributed by atoms with Crippen molar-refractivity contribution in [2.75, 3.05) is 6.61 Å². The number of rotatable bonds is 10. The Balaban J connectivity index is 1.53. The topological polar surface area (TPSA) is 64.7 Å². The van der Waals surface area contributed by atoms with Gasteiger partial charge in [0.2, 0.25) is 0 Å². The van der Waals surface area contributed by atoms with Crippen molar-refractivity contribution in [2.45, 2.75) is 39.5 Å². The fourth-order valence-corrected chi connectivity index (χ4v) is 2.84. The van der Waals surface area contributed by atoms with Gasteiger partial charge in [0, 0.05) is 0 Å². The highest BCUT2D eigenvalue weighted by atomic mass is 16.5. The molecule has 0 aliphatic rings. The van der Waals surface area contributed by atoms with Gasteiger partial charge in [-0.15, -0.1) is 0 Å². The third-order valence-electron chi connectivity index (χ3n) is 4.65. The van der Waals surface area contributed by atoms with Crippen LogP contribution in [-0.2, 0) is 0 Å². The third-order valence-corrected chi connectivity index (χ3v) is 4.65. The van der Waals surface area contributed by atoms with Gasteiger partial charge in [0.05, 0.1) is 36.1 Å². The van der Waals surface area contributed by atoms with Crippen LogP contribution in [0.2, 0.25) is 0 Å². The van der Waals surface area contributed by atoms with Crippen LogP contribution < -0.4 is 4.74 Å². The fourth-order valence-electron chi connectivity index (χ4n) is 2.84. The number of azo groups is 1. The summed E-state index contributed by atoms with van der Waals surface area (Å²) >= 11 is 0. The molecule has 0 spiro atoms. The van der Waals surface area contributed by atoms with E-state index in [2.05, 4.69) is 34.3 Å². The number of nitrogens with zero attached hydrogens (tertiary/aromatic N) is 5. The molecule has 146 valence electrons. The van der Waals surface area contributed by atoms with Crippen LogP contribution >= 0.6 is 0 Å². The van der Waals surface area contributed by atoms with E-state index in [1.54, 1.807) is 17.2 Å². The van der Waals surface area contributed by atoms with Crippen molar-refractivity contribution in [3.8, 4) is 11.4 Å². The second-order valence-corrected chi connectivity index (χ2v) is 6.76. The van der Waals surface area contributed by atoms with E-state index in [0.29, 0.717) is 5.92 Å². The maximum absolute atomic E-state index is 5.94. The first-order valence-corrected chi connectivity index (χ1v) is 9.90. The molecule has 3 rings (SSSR count). The first kappa shape index (κ1) is 19.7. The van der Waals surface area contributed by atoms with Gasteiger partial charge in [0.15, 0.2) is 0 Å². The second kappa shape index (κ2) is 10.3. The molecule has 0 saturated carbocycles. The highest BCUT2D eigenvalue weighted by molar-refractivity contribution is 5.45. The second-order valence-electron chi connectivity index (χ2n) is 6.76. The number of aromatic nitrogens is 3. The molecule has 0 aliphatic carbocycles. The van der Waals surface area contributed by atoms with Crippen LogP contribution in [0.3, 0.4) is 0 Å². The van der Waals surface area contributed by atoms with Gasteiger partial charge in [-0.2, -0.15) is 25.2 Å². The first-order valence-electron chi connectivity index (χ1n) is 9.90. The summed E-state index contributed by atoms with van der Waals surface area (Å²) in [7, 11) is 0. The summed E-state index contributed by atoms with van der Waals surface area (Å²) in [4.78, 5) is 1.56. The summed E-state index contributed by atoms with van der Waals surface area (Å²) in [6.07, 6.45) is 8.18. The molecule has 2 aromatic carbocycles. The Hall–Kier alpha value is -3.02. The lowest BCUT2D eigenvalue weighted by Crippen LogP contribution is -2.11. The van der Waals surface area contributed by atoms with Crippen molar-refractivity contribution in [3.05, 3.63) is 60.9 Å². The SMILES string of the molecule is CCCCC(CC)COc1ccc(/N=N/c2ccc(-n3nccn3)cc2)cc1. The molecule has 0 N–H and O–H groups in total. The average Bonchev–Trinajstić information content (AvgIpc) is 3.28. The molecule has 1 aromatic heterocycles. The van der Waals surface area contributed by atoms with Crippen LogP contribution in [-0.4, -0.2) is 21.6 Å². The zero-order chi connectivity index (χ0) is 19.6. The van der Waals surface area contributed by atoms with Crippen LogP contribution in [0.1, 0.15) is 39.5 Å². The molecule has 3 aromatic rings. The van der Waals surface area contributed by atoms with Crippen LogP contribution in [0.4, 0.5) is 11.4 Å². The van der Waals surface area contributed by atoms with Crippen molar-refractivity contribution in [2.24, 2.45) is 16.1 Å². The van der Waals surface area contributed by atoms with Gasteiger partial charge in [-0.05, 0) is 60.9 Å². The quantitative estimate of drug-likeness (QED) is 0.391. The molecular formula is C22H27N5O. The molecule has 0 saturated heterocycles. The molecule has 6 nitrogen and oxygen atoms in total. The number of hydrogen-bond acceptors (Lipinski definition) is 5. The molecule has 0 bridgehead atoms.